The Kier molecular flexibility index (Phi) is 3.42. The van der Waals surface area contributed by atoms with E-state index in [9.17, 15) is 9.59 Å². The number of anilines is 1. The second kappa shape index (κ2) is 4.83. The van der Waals surface area contributed by atoms with Crippen molar-refractivity contribution in [3.63, 3.8) is 0 Å². The molecule has 0 spiro atoms. The molecule has 92 valence electrons. The predicted molar refractivity (Wildman–Crippen MR) is 65.8 cm³/mol. The van der Waals surface area contributed by atoms with Crippen molar-refractivity contribution < 1.29 is 9.59 Å². The van der Waals surface area contributed by atoms with Gasteiger partial charge in [0, 0.05) is 23.8 Å². The van der Waals surface area contributed by atoms with Gasteiger partial charge in [0.2, 0.25) is 12.3 Å². The summed E-state index contributed by atoms with van der Waals surface area (Å²) >= 11 is 1.45. The summed E-state index contributed by atoms with van der Waals surface area (Å²) < 4.78 is 0. The topological polar surface area (TPSA) is 62.3 Å². The molecule has 1 N–H and O–H groups in total. The Morgan fingerprint density at radius 2 is 2.35 bits per heavy atom. The molecule has 0 aliphatic carbocycles. The Labute approximate surface area is 104 Å². The van der Waals surface area contributed by atoms with Crippen molar-refractivity contribution in [2.24, 2.45) is 5.92 Å². The first-order valence-electron chi connectivity index (χ1n) is 5.59. The van der Waals surface area contributed by atoms with Crippen LogP contribution < -0.4 is 5.32 Å². The highest BCUT2D eigenvalue weighted by Crippen LogP contribution is 2.28. The number of hydrogen-bond acceptors (Lipinski definition) is 4. The maximum atomic E-state index is 11.9. The van der Waals surface area contributed by atoms with E-state index >= 15 is 0 Å². The highest BCUT2D eigenvalue weighted by atomic mass is 32.1. The van der Waals surface area contributed by atoms with E-state index in [2.05, 4.69) is 10.3 Å². The monoisotopic (exact) mass is 253 g/mol. The van der Waals surface area contributed by atoms with Crippen LogP contribution in [-0.2, 0) is 22.6 Å². The Hall–Kier alpha value is -1.43. The van der Waals surface area contributed by atoms with Gasteiger partial charge in [-0.15, -0.1) is 0 Å². The van der Waals surface area contributed by atoms with Crippen LogP contribution in [0.3, 0.4) is 0 Å². The zero-order valence-corrected chi connectivity index (χ0v) is 10.7. The van der Waals surface area contributed by atoms with Crippen LogP contribution >= 0.6 is 11.3 Å². The Morgan fingerprint density at radius 1 is 1.59 bits per heavy atom. The van der Waals surface area contributed by atoms with Gasteiger partial charge in [-0.05, 0) is 0 Å². The van der Waals surface area contributed by atoms with Crippen molar-refractivity contribution in [3.8, 4) is 0 Å². The summed E-state index contributed by atoms with van der Waals surface area (Å²) in [5.74, 6) is 0.200. The second-order valence-corrected chi connectivity index (χ2v) is 5.40. The summed E-state index contributed by atoms with van der Waals surface area (Å²) in [7, 11) is 0. The van der Waals surface area contributed by atoms with Crippen LogP contribution in [-0.4, -0.2) is 28.7 Å². The van der Waals surface area contributed by atoms with Crippen LogP contribution in [0.1, 0.15) is 24.4 Å². The quantitative estimate of drug-likeness (QED) is 0.825. The molecule has 0 aromatic carbocycles. The lowest BCUT2D eigenvalue weighted by molar-refractivity contribution is -0.135. The predicted octanol–water partition coefficient (Wildman–Crippen LogP) is 1.25. The third-order valence-corrected chi connectivity index (χ3v) is 3.73. The summed E-state index contributed by atoms with van der Waals surface area (Å²) in [4.78, 5) is 29.5. The molecule has 0 fully saturated rings. The van der Waals surface area contributed by atoms with Crippen molar-refractivity contribution in [2.45, 2.75) is 26.8 Å². The number of amides is 2. The van der Waals surface area contributed by atoms with Gasteiger partial charge in [-0.2, -0.15) is 0 Å². The minimum atomic E-state index is 0.0250. The van der Waals surface area contributed by atoms with Crippen LogP contribution in [0.2, 0.25) is 0 Å². The van der Waals surface area contributed by atoms with Gasteiger partial charge in [-0.25, -0.2) is 4.98 Å². The first-order valence-corrected chi connectivity index (χ1v) is 6.41. The summed E-state index contributed by atoms with van der Waals surface area (Å²) in [6.45, 7) is 5.15. The maximum Gasteiger partial charge on any atom is 0.225 e. The zero-order valence-electron chi connectivity index (χ0n) is 9.90. The molecule has 1 aliphatic rings. The number of aromatic nitrogens is 1. The molecular formula is C11H15N3O2S. The number of hydrogen-bond donors (Lipinski definition) is 1. The van der Waals surface area contributed by atoms with Gasteiger partial charge in [-0.3, -0.25) is 9.59 Å². The van der Waals surface area contributed by atoms with E-state index in [0.29, 0.717) is 24.6 Å². The van der Waals surface area contributed by atoms with Crippen LogP contribution in [0.25, 0.3) is 0 Å². The van der Waals surface area contributed by atoms with Crippen LogP contribution in [0, 0.1) is 5.92 Å². The lowest BCUT2D eigenvalue weighted by Crippen LogP contribution is -2.37. The zero-order chi connectivity index (χ0) is 12.4. The molecule has 0 radical (unpaired) electrons. The number of fused-ring (bicyclic) bond motifs is 1. The molecular weight excluding hydrogens is 238 g/mol. The van der Waals surface area contributed by atoms with E-state index in [4.69, 9.17) is 0 Å². The molecule has 0 saturated carbocycles. The molecule has 1 aromatic heterocycles. The number of nitrogens with one attached hydrogen (secondary N) is 1. The maximum absolute atomic E-state index is 11.9. The fraction of sp³-hybridized carbons (Fsp3) is 0.545. The molecule has 0 unspecified atom stereocenters. The lowest BCUT2D eigenvalue weighted by Gasteiger charge is -2.27. The molecule has 0 atom stereocenters. The molecule has 5 nitrogen and oxygen atoms in total. The lowest BCUT2D eigenvalue weighted by atomic mass is 10.1. The van der Waals surface area contributed by atoms with Crippen molar-refractivity contribution in [1.82, 2.24) is 9.88 Å². The van der Waals surface area contributed by atoms with Crippen molar-refractivity contribution in [2.75, 3.05) is 11.9 Å². The molecule has 6 heteroatoms. The summed E-state index contributed by atoms with van der Waals surface area (Å²) in [6, 6.07) is 0. The average Bonchev–Trinajstić information content (AvgIpc) is 2.69. The average molecular weight is 253 g/mol. The third-order valence-electron chi connectivity index (χ3n) is 2.72. The molecule has 0 saturated heterocycles. The number of rotatable bonds is 3. The Morgan fingerprint density at radius 3 is 3.00 bits per heavy atom. The minimum absolute atomic E-state index is 0.0250. The van der Waals surface area contributed by atoms with E-state index < -0.39 is 0 Å². The number of nitrogens with zero attached hydrogens (tertiary/aromatic N) is 2. The number of thiazole rings is 1. The molecule has 2 amide bonds. The molecule has 0 bridgehead atoms. The SMILES string of the molecule is CC(C)C(=O)N1CCc2nc(NC=O)sc2C1. The van der Waals surface area contributed by atoms with Gasteiger partial charge in [-0.1, -0.05) is 25.2 Å². The molecule has 2 heterocycles. The smallest absolute Gasteiger partial charge is 0.225 e. The van der Waals surface area contributed by atoms with Crippen LogP contribution in [0.15, 0.2) is 0 Å². The van der Waals surface area contributed by atoms with Gasteiger partial charge < -0.3 is 10.2 Å². The third kappa shape index (κ3) is 2.46. The molecule has 17 heavy (non-hydrogen) atoms. The van der Waals surface area contributed by atoms with Crippen molar-refractivity contribution in [3.05, 3.63) is 10.6 Å². The largest absolute Gasteiger partial charge is 0.337 e. The first kappa shape index (κ1) is 12.0. The van der Waals surface area contributed by atoms with Gasteiger partial charge >= 0.3 is 0 Å². The Bertz CT molecular complexity index is 442. The van der Waals surface area contributed by atoms with Gasteiger partial charge in [0.05, 0.1) is 12.2 Å². The highest BCUT2D eigenvalue weighted by molar-refractivity contribution is 7.15. The van der Waals surface area contributed by atoms with Crippen molar-refractivity contribution >= 4 is 28.8 Å². The van der Waals surface area contributed by atoms with E-state index in [1.807, 2.05) is 18.7 Å². The van der Waals surface area contributed by atoms with Crippen molar-refractivity contribution in [1.29, 1.82) is 0 Å². The van der Waals surface area contributed by atoms with E-state index in [-0.39, 0.29) is 11.8 Å². The summed E-state index contributed by atoms with van der Waals surface area (Å²) in [5.41, 5.74) is 1.01. The molecule has 1 aromatic rings. The van der Waals surface area contributed by atoms with E-state index in [1.54, 1.807) is 0 Å². The standard InChI is InChI=1S/C11H15N3O2S/c1-7(2)10(16)14-4-3-8-9(5-14)17-11(13-8)12-6-15/h6-7H,3-5H2,1-2H3,(H,12,13,15). The number of carbonyl (C=O) groups excluding carboxylic acids is 2. The molecule has 1 aliphatic heterocycles. The number of carbonyl (C=O) groups is 2. The normalized spacial score (nSPS) is 14.6. The van der Waals surface area contributed by atoms with Gasteiger partial charge in [0.1, 0.15) is 0 Å². The van der Waals surface area contributed by atoms with Crippen LogP contribution in [0.4, 0.5) is 5.13 Å². The minimum Gasteiger partial charge on any atom is -0.337 e. The van der Waals surface area contributed by atoms with Gasteiger partial charge in [0.15, 0.2) is 5.13 Å². The highest BCUT2D eigenvalue weighted by Gasteiger charge is 2.25. The Balaban J connectivity index is 2.13. The van der Waals surface area contributed by atoms with Gasteiger partial charge in [0.25, 0.3) is 0 Å². The fourth-order valence-corrected chi connectivity index (χ4v) is 2.84. The fourth-order valence-electron chi connectivity index (χ4n) is 1.86. The van der Waals surface area contributed by atoms with Crippen LogP contribution in [0.5, 0.6) is 0 Å². The molecule has 2 rings (SSSR count). The van der Waals surface area contributed by atoms with E-state index in [0.717, 1.165) is 17.0 Å². The second-order valence-electron chi connectivity index (χ2n) is 4.32. The summed E-state index contributed by atoms with van der Waals surface area (Å²) in [6.07, 6.45) is 1.39. The summed E-state index contributed by atoms with van der Waals surface area (Å²) in [5, 5.41) is 3.17. The van der Waals surface area contributed by atoms with E-state index in [1.165, 1.54) is 11.3 Å². The first-order chi connectivity index (χ1) is 8.11.